The minimum absolute atomic E-state index is 0.0358. The third kappa shape index (κ3) is 8.47. The van der Waals surface area contributed by atoms with Gasteiger partial charge in [0.2, 0.25) is 0 Å². The van der Waals surface area contributed by atoms with Gasteiger partial charge in [0.05, 0.1) is 18.6 Å². The number of carbonyl (C=O) groups is 2. The zero-order valence-corrected chi connectivity index (χ0v) is 20.6. The summed E-state index contributed by atoms with van der Waals surface area (Å²) in [5.41, 5.74) is 0.870. The number of carboxylic acid groups (broad SMARTS) is 1. The van der Waals surface area contributed by atoms with Crippen molar-refractivity contribution < 1.29 is 24.2 Å². The number of methoxy groups -OCH3 is 1. The van der Waals surface area contributed by atoms with E-state index in [1.165, 1.54) is 11.8 Å². The van der Waals surface area contributed by atoms with Crippen LogP contribution in [0.25, 0.3) is 6.08 Å². The Morgan fingerprint density at radius 2 is 1.75 bits per heavy atom. The second-order valence-corrected chi connectivity index (χ2v) is 9.32. The smallest absolute Gasteiger partial charge is 0.303 e. The summed E-state index contributed by atoms with van der Waals surface area (Å²) < 4.78 is 11.5. The van der Waals surface area contributed by atoms with E-state index < -0.39 is 5.97 Å². The summed E-state index contributed by atoms with van der Waals surface area (Å²) in [4.78, 5) is 25.6. The van der Waals surface area contributed by atoms with Crippen molar-refractivity contribution in [3.8, 4) is 11.5 Å². The molecule has 0 saturated carbocycles. The van der Waals surface area contributed by atoms with Gasteiger partial charge in [-0.2, -0.15) is 0 Å². The lowest BCUT2D eigenvalue weighted by atomic mass is 10.1. The van der Waals surface area contributed by atoms with Gasteiger partial charge >= 0.3 is 5.97 Å². The first-order valence-electron chi connectivity index (χ1n) is 11.2. The lowest BCUT2D eigenvalue weighted by molar-refractivity contribution is -0.137. The topological polar surface area (TPSA) is 76.1 Å². The zero-order valence-electron chi connectivity index (χ0n) is 18.9. The number of benzene rings is 1. The zero-order chi connectivity index (χ0) is 23.3. The molecule has 6 nitrogen and oxygen atoms in total. The Morgan fingerprint density at radius 1 is 1.09 bits per heavy atom. The maximum Gasteiger partial charge on any atom is 0.303 e. The fourth-order valence-corrected chi connectivity index (χ4v) is 4.81. The van der Waals surface area contributed by atoms with Gasteiger partial charge in [0.1, 0.15) is 4.32 Å². The van der Waals surface area contributed by atoms with Crippen molar-refractivity contribution in [1.82, 2.24) is 4.90 Å². The van der Waals surface area contributed by atoms with E-state index in [0.717, 1.165) is 56.9 Å². The molecular formula is C24H33NO5S2. The Bertz CT molecular complexity index is 825. The van der Waals surface area contributed by atoms with Gasteiger partial charge in [0.15, 0.2) is 11.5 Å². The van der Waals surface area contributed by atoms with E-state index in [0.29, 0.717) is 33.9 Å². The minimum Gasteiger partial charge on any atom is -0.493 e. The summed E-state index contributed by atoms with van der Waals surface area (Å²) in [7, 11) is 1.60. The molecule has 1 aromatic rings. The first-order valence-corrected chi connectivity index (χ1v) is 12.5. The number of carbonyl (C=O) groups excluding carboxylic acids is 1. The third-order valence-corrected chi connectivity index (χ3v) is 6.56. The first-order chi connectivity index (χ1) is 15.5. The third-order valence-electron chi connectivity index (χ3n) is 5.18. The molecule has 0 radical (unpaired) electrons. The molecule has 2 rings (SSSR count). The Labute approximate surface area is 200 Å². The second-order valence-electron chi connectivity index (χ2n) is 7.65. The van der Waals surface area contributed by atoms with Crippen LogP contribution in [0.5, 0.6) is 11.5 Å². The normalized spacial score (nSPS) is 14.9. The summed E-state index contributed by atoms with van der Waals surface area (Å²) in [6.07, 6.45) is 10.3. The highest BCUT2D eigenvalue weighted by atomic mass is 32.2. The summed E-state index contributed by atoms with van der Waals surface area (Å²) in [6.45, 7) is 3.12. The number of rotatable bonds is 15. The fourth-order valence-electron chi connectivity index (χ4n) is 3.50. The van der Waals surface area contributed by atoms with Gasteiger partial charge in [-0.3, -0.25) is 14.5 Å². The highest BCUT2D eigenvalue weighted by molar-refractivity contribution is 8.26. The van der Waals surface area contributed by atoms with E-state index >= 15 is 0 Å². The van der Waals surface area contributed by atoms with Crippen molar-refractivity contribution in [2.45, 2.75) is 64.7 Å². The van der Waals surface area contributed by atoms with Crippen molar-refractivity contribution in [3.63, 3.8) is 0 Å². The number of aliphatic carboxylic acids is 1. The predicted molar refractivity (Wildman–Crippen MR) is 133 cm³/mol. The molecule has 0 aliphatic carbocycles. The van der Waals surface area contributed by atoms with Gasteiger partial charge in [-0.25, -0.2) is 0 Å². The molecule has 1 N–H and O–H groups in total. The molecule has 1 heterocycles. The van der Waals surface area contributed by atoms with E-state index in [4.69, 9.17) is 26.8 Å². The van der Waals surface area contributed by atoms with Crippen molar-refractivity contribution in [3.05, 3.63) is 28.7 Å². The van der Waals surface area contributed by atoms with E-state index in [9.17, 15) is 9.59 Å². The molecule has 0 spiro atoms. The van der Waals surface area contributed by atoms with Gasteiger partial charge in [0.25, 0.3) is 5.91 Å². The molecule has 1 aliphatic heterocycles. The monoisotopic (exact) mass is 479 g/mol. The van der Waals surface area contributed by atoms with Crippen LogP contribution in [0.15, 0.2) is 23.1 Å². The standard InChI is InChI=1S/C24H33NO5S2/c1-3-30-19-14-13-18(16-20(19)29-2)17-21-23(28)25(24(31)32-21)15-11-9-7-5-4-6-8-10-12-22(26)27/h13-14,16-17H,3-12,15H2,1-2H3,(H,26,27). The van der Waals surface area contributed by atoms with Crippen LogP contribution in [0.3, 0.4) is 0 Å². The molecule has 0 aromatic heterocycles. The van der Waals surface area contributed by atoms with Crippen LogP contribution in [0.1, 0.15) is 70.3 Å². The number of ether oxygens (including phenoxy) is 2. The number of hydrogen-bond acceptors (Lipinski definition) is 6. The molecule has 1 aliphatic rings. The van der Waals surface area contributed by atoms with Gasteiger partial charge in [-0.05, 0) is 43.5 Å². The molecule has 0 bridgehead atoms. The highest BCUT2D eigenvalue weighted by Gasteiger charge is 2.31. The second kappa shape index (κ2) is 14.2. The van der Waals surface area contributed by atoms with Crippen molar-refractivity contribution in [2.24, 2.45) is 0 Å². The van der Waals surface area contributed by atoms with Crippen molar-refractivity contribution >= 4 is 46.3 Å². The number of amides is 1. The fraction of sp³-hybridized carbons (Fsp3) is 0.542. The van der Waals surface area contributed by atoms with Crippen LogP contribution in [0.4, 0.5) is 0 Å². The summed E-state index contributed by atoms with van der Waals surface area (Å²) in [5.74, 6) is 0.568. The van der Waals surface area contributed by atoms with Gasteiger partial charge in [0, 0.05) is 13.0 Å². The van der Waals surface area contributed by atoms with Crippen LogP contribution in [0.2, 0.25) is 0 Å². The number of hydrogen-bond donors (Lipinski definition) is 1. The SMILES string of the molecule is CCOc1ccc(C=C2SC(=S)N(CCCCCCCCCCC(=O)O)C2=O)cc1OC. The van der Waals surface area contributed by atoms with Crippen LogP contribution >= 0.6 is 24.0 Å². The number of unbranched alkanes of at least 4 members (excludes halogenated alkanes) is 7. The van der Waals surface area contributed by atoms with E-state index in [1.807, 2.05) is 31.2 Å². The van der Waals surface area contributed by atoms with Crippen LogP contribution < -0.4 is 9.47 Å². The van der Waals surface area contributed by atoms with Crippen molar-refractivity contribution in [1.29, 1.82) is 0 Å². The van der Waals surface area contributed by atoms with E-state index in [2.05, 4.69) is 0 Å². The average Bonchev–Trinajstić information content (AvgIpc) is 3.03. The van der Waals surface area contributed by atoms with Crippen LogP contribution in [-0.4, -0.2) is 46.5 Å². The Morgan fingerprint density at radius 3 is 2.38 bits per heavy atom. The molecule has 8 heteroatoms. The number of thiocarbonyl (C=S) groups is 1. The molecule has 1 saturated heterocycles. The lowest BCUT2D eigenvalue weighted by Gasteiger charge is -2.14. The first kappa shape index (κ1) is 26.2. The summed E-state index contributed by atoms with van der Waals surface area (Å²) >= 11 is 6.77. The quantitative estimate of drug-likeness (QED) is 0.191. The molecule has 32 heavy (non-hydrogen) atoms. The Kier molecular flexibility index (Phi) is 11.6. The lowest BCUT2D eigenvalue weighted by Crippen LogP contribution is -2.29. The minimum atomic E-state index is -0.713. The van der Waals surface area contributed by atoms with E-state index in [1.54, 1.807) is 12.0 Å². The molecular weight excluding hydrogens is 446 g/mol. The largest absolute Gasteiger partial charge is 0.493 e. The maximum absolute atomic E-state index is 12.8. The number of carboxylic acids is 1. The summed E-state index contributed by atoms with van der Waals surface area (Å²) in [5, 5.41) is 8.63. The van der Waals surface area contributed by atoms with Crippen LogP contribution in [-0.2, 0) is 9.59 Å². The predicted octanol–water partition coefficient (Wildman–Crippen LogP) is 5.89. The summed E-state index contributed by atoms with van der Waals surface area (Å²) in [6, 6.07) is 5.61. The Hall–Kier alpha value is -2.06. The molecule has 1 amide bonds. The Balaban J connectivity index is 1.75. The molecule has 0 unspecified atom stereocenters. The number of thioether (sulfide) groups is 1. The van der Waals surface area contributed by atoms with Gasteiger partial charge in [-0.1, -0.05) is 68.6 Å². The van der Waals surface area contributed by atoms with Gasteiger partial charge < -0.3 is 14.6 Å². The highest BCUT2D eigenvalue weighted by Crippen LogP contribution is 2.35. The average molecular weight is 480 g/mol. The molecule has 0 atom stereocenters. The van der Waals surface area contributed by atoms with Gasteiger partial charge in [-0.15, -0.1) is 0 Å². The molecule has 1 fully saturated rings. The number of nitrogens with zero attached hydrogens (tertiary/aromatic N) is 1. The van der Waals surface area contributed by atoms with Crippen LogP contribution in [0, 0.1) is 0 Å². The molecule has 1 aromatic carbocycles. The van der Waals surface area contributed by atoms with Crippen molar-refractivity contribution in [2.75, 3.05) is 20.3 Å². The molecule has 176 valence electrons. The van der Waals surface area contributed by atoms with E-state index in [-0.39, 0.29) is 12.3 Å². The maximum atomic E-state index is 12.8.